The summed E-state index contributed by atoms with van der Waals surface area (Å²) in [5, 5.41) is 8.40. The molecule has 0 aromatic carbocycles. The second-order valence-corrected chi connectivity index (χ2v) is 2.76. The number of hydrogen-bond acceptors (Lipinski definition) is 1. The summed E-state index contributed by atoms with van der Waals surface area (Å²) in [6.07, 6.45) is 5.52. The first-order valence-electron chi connectivity index (χ1n) is 4.04. The summed E-state index contributed by atoms with van der Waals surface area (Å²) >= 11 is 0. The second kappa shape index (κ2) is 5.96. The van der Waals surface area contributed by atoms with Gasteiger partial charge in [-0.1, -0.05) is 31.4 Å². The Labute approximate surface area is 67.9 Å². The van der Waals surface area contributed by atoms with Gasteiger partial charge in [0.15, 0.2) is 0 Å². The van der Waals surface area contributed by atoms with Gasteiger partial charge < -0.3 is 5.11 Å². The molecule has 0 amide bonds. The molecule has 0 radical (unpaired) electrons. The van der Waals surface area contributed by atoms with Crippen LogP contribution in [0.3, 0.4) is 0 Å². The number of carboxylic acids is 1. The van der Waals surface area contributed by atoms with E-state index in [-0.39, 0.29) is 6.42 Å². The van der Waals surface area contributed by atoms with E-state index in [9.17, 15) is 4.79 Å². The Kier molecular flexibility index (Phi) is 5.53. The maximum Gasteiger partial charge on any atom is 0.307 e. The predicted octanol–water partition coefficient (Wildman–Crippen LogP) is 2.60. The van der Waals surface area contributed by atoms with E-state index in [4.69, 9.17) is 5.11 Å². The number of carboxylic acid groups (broad SMARTS) is 1. The molecule has 2 nitrogen and oxygen atoms in total. The Balaban J connectivity index is 3.54. The van der Waals surface area contributed by atoms with Crippen molar-refractivity contribution in [2.75, 3.05) is 0 Å². The largest absolute Gasteiger partial charge is 0.481 e. The Morgan fingerprint density at radius 3 is 2.64 bits per heavy atom. The second-order valence-electron chi connectivity index (χ2n) is 2.76. The van der Waals surface area contributed by atoms with E-state index < -0.39 is 5.97 Å². The third-order valence-corrected chi connectivity index (χ3v) is 1.48. The molecule has 0 spiro atoms. The van der Waals surface area contributed by atoms with Gasteiger partial charge in [0.2, 0.25) is 0 Å². The Bertz CT molecular complexity index is 148. The van der Waals surface area contributed by atoms with Gasteiger partial charge in [-0.15, -0.1) is 0 Å². The molecular formula is C9H16O2. The maximum atomic E-state index is 10.2. The van der Waals surface area contributed by atoms with E-state index >= 15 is 0 Å². The van der Waals surface area contributed by atoms with Crippen LogP contribution in [0, 0.1) is 0 Å². The van der Waals surface area contributed by atoms with Gasteiger partial charge in [0.05, 0.1) is 6.42 Å². The molecule has 11 heavy (non-hydrogen) atoms. The molecule has 0 aromatic rings. The number of hydrogen-bond donors (Lipinski definition) is 1. The molecule has 0 aliphatic heterocycles. The molecule has 0 fully saturated rings. The van der Waals surface area contributed by atoms with Crippen LogP contribution in [0.4, 0.5) is 0 Å². The van der Waals surface area contributed by atoms with Crippen LogP contribution in [0.25, 0.3) is 0 Å². The third kappa shape index (κ3) is 7.10. The molecule has 0 unspecified atom stereocenters. The van der Waals surface area contributed by atoms with Crippen molar-refractivity contribution < 1.29 is 9.90 Å². The van der Waals surface area contributed by atoms with Crippen molar-refractivity contribution in [1.29, 1.82) is 0 Å². The Morgan fingerprint density at radius 1 is 1.55 bits per heavy atom. The maximum absolute atomic E-state index is 10.2. The Hall–Kier alpha value is -0.790. The topological polar surface area (TPSA) is 37.3 Å². The molecule has 0 heterocycles. The summed E-state index contributed by atoms with van der Waals surface area (Å²) in [7, 11) is 0. The first-order chi connectivity index (χ1) is 5.16. The molecule has 0 aromatic heterocycles. The van der Waals surface area contributed by atoms with Gasteiger partial charge in [-0.05, 0) is 13.3 Å². The summed E-state index contributed by atoms with van der Waals surface area (Å²) in [6.45, 7) is 3.99. The lowest BCUT2D eigenvalue weighted by atomic mass is 10.1. The highest BCUT2D eigenvalue weighted by atomic mass is 16.4. The van der Waals surface area contributed by atoms with Crippen LogP contribution in [0.2, 0.25) is 0 Å². The van der Waals surface area contributed by atoms with Gasteiger partial charge in [-0.3, -0.25) is 4.79 Å². The number of aliphatic carboxylic acids is 1. The fourth-order valence-electron chi connectivity index (χ4n) is 0.863. The lowest BCUT2D eigenvalue weighted by molar-refractivity contribution is -0.136. The van der Waals surface area contributed by atoms with Crippen LogP contribution >= 0.6 is 0 Å². The van der Waals surface area contributed by atoms with Gasteiger partial charge in [0.1, 0.15) is 0 Å². The van der Waals surface area contributed by atoms with Gasteiger partial charge in [-0.25, -0.2) is 0 Å². The standard InChI is InChI=1S/C9H16O2/c1-3-4-5-6-8(2)7-9(10)11/h6H,3-5,7H2,1-2H3,(H,10,11). The van der Waals surface area contributed by atoms with Crippen molar-refractivity contribution >= 4 is 5.97 Å². The summed E-state index contributed by atoms with van der Waals surface area (Å²) in [6, 6.07) is 0. The molecule has 64 valence electrons. The first-order valence-corrected chi connectivity index (χ1v) is 4.04. The number of unbranched alkanes of at least 4 members (excludes halogenated alkanes) is 2. The number of carbonyl (C=O) groups is 1. The Morgan fingerprint density at radius 2 is 2.18 bits per heavy atom. The number of rotatable bonds is 5. The van der Waals surface area contributed by atoms with Gasteiger partial charge in [0, 0.05) is 0 Å². The van der Waals surface area contributed by atoms with E-state index in [0.29, 0.717) is 0 Å². The summed E-state index contributed by atoms with van der Waals surface area (Å²) in [5.74, 6) is -0.741. The average molecular weight is 156 g/mol. The van der Waals surface area contributed by atoms with E-state index in [0.717, 1.165) is 24.8 Å². The molecule has 0 saturated heterocycles. The van der Waals surface area contributed by atoms with Gasteiger partial charge in [0.25, 0.3) is 0 Å². The van der Waals surface area contributed by atoms with E-state index in [1.165, 1.54) is 0 Å². The molecule has 1 N–H and O–H groups in total. The first kappa shape index (κ1) is 10.2. The van der Waals surface area contributed by atoms with E-state index in [1.54, 1.807) is 0 Å². The zero-order valence-electron chi connectivity index (χ0n) is 7.26. The number of allylic oxidation sites excluding steroid dienone is 1. The van der Waals surface area contributed by atoms with Crippen LogP contribution in [-0.4, -0.2) is 11.1 Å². The van der Waals surface area contributed by atoms with Crippen molar-refractivity contribution in [1.82, 2.24) is 0 Å². The fraction of sp³-hybridized carbons (Fsp3) is 0.667. The van der Waals surface area contributed by atoms with Crippen LogP contribution in [0.15, 0.2) is 11.6 Å². The quantitative estimate of drug-likeness (QED) is 0.490. The van der Waals surface area contributed by atoms with Crippen molar-refractivity contribution in [2.24, 2.45) is 0 Å². The molecule has 2 heteroatoms. The monoisotopic (exact) mass is 156 g/mol. The highest BCUT2D eigenvalue weighted by molar-refractivity contribution is 5.69. The molecule has 0 aliphatic carbocycles. The van der Waals surface area contributed by atoms with Crippen molar-refractivity contribution in [2.45, 2.75) is 39.5 Å². The molecule has 0 atom stereocenters. The lowest BCUT2D eigenvalue weighted by Crippen LogP contribution is -1.94. The lowest BCUT2D eigenvalue weighted by Gasteiger charge is -1.95. The van der Waals surface area contributed by atoms with E-state index in [1.807, 2.05) is 13.0 Å². The minimum Gasteiger partial charge on any atom is -0.481 e. The van der Waals surface area contributed by atoms with Crippen molar-refractivity contribution in [3.63, 3.8) is 0 Å². The van der Waals surface area contributed by atoms with Crippen LogP contribution in [-0.2, 0) is 4.79 Å². The summed E-state index contributed by atoms with van der Waals surface area (Å²) < 4.78 is 0. The third-order valence-electron chi connectivity index (χ3n) is 1.48. The van der Waals surface area contributed by atoms with E-state index in [2.05, 4.69) is 6.92 Å². The molecule has 0 saturated carbocycles. The SMILES string of the molecule is CCCCC=C(C)CC(=O)O. The highest BCUT2D eigenvalue weighted by Gasteiger charge is 1.96. The molecule has 0 bridgehead atoms. The van der Waals surface area contributed by atoms with Crippen LogP contribution in [0.1, 0.15) is 39.5 Å². The normalized spacial score (nSPS) is 11.6. The van der Waals surface area contributed by atoms with Gasteiger partial charge in [-0.2, -0.15) is 0 Å². The molecular weight excluding hydrogens is 140 g/mol. The van der Waals surface area contributed by atoms with Crippen LogP contribution in [0.5, 0.6) is 0 Å². The summed E-state index contributed by atoms with van der Waals surface area (Å²) in [4.78, 5) is 10.2. The predicted molar refractivity (Wildman–Crippen MR) is 45.5 cm³/mol. The van der Waals surface area contributed by atoms with Crippen molar-refractivity contribution in [3.8, 4) is 0 Å². The molecule has 0 rings (SSSR count). The minimum atomic E-state index is -0.741. The summed E-state index contributed by atoms with van der Waals surface area (Å²) in [5.41, 5.74) is 0.964. The fourth-order valence-corrected chi connectivity index (χ4v) is 0.863. The zero-order chi connectivity index (χ0) is 8.69. The molecule has 0 aliphatic rings. The van der Waals surface area contributed by atoms with Crippen LogP contribution < -0.4 is 0 Å². The zero-order valence-corrected chi connectivity index (χ0v) is 7.26. The minimum absolute atomic E-state index is 0.184. The van der Waals surface area contributed by atoms with Gasteiger partial charge >= 0.3 is 5.97 Å². The van der Waals surface area contributed by atoms with Crippen molar-refractivity contribution in [3.05, 3.63) is 11.6 Å². The highest BCUT2D eigenvalue weighted by Crippen LogP contribution is 2.04. The smallest absolute Gasteiger partial charge is 0.307 e. The average Bonchev–Trinajstić information content (AvgIpc) is 1.86.